The lowest BCUT2D eigenvalue weighted by Gasteiger charge is -2.14. The minimum Gasteiger partial charge on any atom is -0.490 e. The lowest BCUT2D eigenvalue weighted by molar-refractivity contribution is 0.116. The maximum absolute atomic E-state index is 13.7. The average Bonchev–Trinajstić information content (AvgIpc) is 3.14. The predicted molar refractivity (Wildman–Crippen MR) is 63.7 cm³/mol. The number of ether oxygens (including phenoxy) is 2. The van der Waals surface area contributed by atoms with E-state index in [-0.39, 0.29) is 11.7 Å². The monoisotopic (exact) mass is 255 g/mol. The average molecular weight is 255 g/mol. The molecule has 2 rings (SSSR count). The van der Waals surface area contributed by atoms with E-state index in [0.717, 1.165) is 18.9 Å². The van der Waals surface area contributed by atoms with Gasteiger partial charge >= 0.3 is 6.09 Å². The van der Waals surface area contributed by atoms with Crippen molar-refractivity contribution in [3.05, 3.63) is 29.6 Å². The van der Waals surface area contributed by atoms with Crippen molar-refractivity contribution in [3.63, 3.8) is 0 Å². The molecule has 1 aromatic rings. The minimum absolute atomic E-state index is 0.195. The molecule has 1 fully saturated rings. The Hall–Kier alpha value is -1.78. The molecule has 2 N–H and O–H groups in total. The topological polar surface area (TPSA) is 61.6 Å². The van der Waals surface area contributed by atoms with Crippen LogP contribution in [-0.4, -0.2) is 12.7 Å². The summed E-state index contributed by atoms with van der Waals surface area (Å²) in [5.74, 6) is -1.06. The molecule has 5 heteroatoms. The Labute approximate surface area is 108 Å². The van der Waals surface area contributed by atoms with Gasteiger partial charge in [0.1, 0.15) is 6.10 Å². The first-order valence-corrected chi connectivity index (χ1v) is 5.74. The largest absolute Gasteiger partial charge is 0.490 e. The van der Waals surface area contributed by atoms with Gasteiger partial charge in [-0.15, -0.1) is 0 Å². The highest BCUT2D eigenvalue weighted by Gasteiger charge is 2.22. The second-order valence-corrected chi connectivity index (χ2v) is 4.26. The van der Waals surface area contributed by atoms with Crippen molar-refractivity contribution in [1.29, 1.82) is 0 Å². The number of carbonyl (C=O) groups is 1. The first-order chi connectivity index (χ1) is 9.29. The summed E-state index contributed by atoms with van der Waals surface area (Å²) in [6.07, 6.45) is -0.134. The summed E-state index contributed by atoms with van der Waals surface area (Å²) in [5, 5.41) is 0. The molecule has 1 aliphatic rings. The number of hydrogen-bond acceptors (Lipinski definition) is 3. The zero-order valence-electron chi connectivity index (χ0n) is 12.0. The Morgan fingerprint density at radius 3 is 3.00 bits per heavy atom. The highest BCUT2D eigenvalue weighted by Crippen LogP contribution is 2.31. The molecule has 0 heterocycles. The number of rotatable bonds is 5. The first kappa shape index (κ1) is 10.2. The van der Waals surface area contributed by atoms with Crippen LogP contribution in [-0.2, 0) is 4.74 Å². The second kappa shape index (κ2) is 5.25. The summed E-state index contributed by atoms with van der Waals surface area (Å²) in [4.78, 5) is 10.7. The molecule has 18 heavy (non-hydrogen) atoms. The Morgan fingerprint density at radius 1 is 1.67 bits per heavy atom. The Bertz CT molecular complexity index is 520. The zero-order valence-corrected chi connectivity index (χ0v) is 9.98. The number of benzene rings is 1. The van der Waals surface area contributed by atoms with Crippen LogP contribution in [0.5, 0.6) is 5.75 Å². The van der Waals surface area contributed by atoms with Crippen LogP contribution in [0.4, 0.5) is 9.18 Å². The normalized spacial score (nSPS) is 18.6. The van der Waals surface area contributed by atoms with Crippen molar-refractivity contribution >= 4 is 6.09 Å². The highest BCUT2D eigenvalue weighted by molar-refractivity contribution is 5.65. The number of halogens is 1. The van der Waals surface area contributed by atoms with Crippen LogP contribution in [0.25, 0.3) is 0 Å². The Morgan fingerprint density at radius 2 is 2.39 bits per heavy atom. The lowest BCUT2D eigenvalue weighted by atomic mass is 10.1. The van der Waals surface area contributed by atoms with Gasteiger partial charge in [0.15, 0.2) is 11.6 Å². The smallest absolute Gasteiger partial charge is 0.405 e. The van der Waals surface area contributed by atoms with Crippen LogP contribution >= 0.6 is 0 Å². The van der Waals surface area contributed by atoms with E-state index in [1.54, 1.807) is 6.92 Å². The van der Waals surface area contributed by atoms with Crippen molar-refractivity contribution in [2.24, 2.45) is 11.7 Å². The molecule has 98 valence electrons. The van der Waals surface area contributed by atoms with Crippen molar-refractivity contribution in [2.45, 2.75) is 25.9 Å². The SMILES string of the molecule is [2H]C([2H])(Oc1cc(C(C)OC(N)=O)ccc1F)C1CC1. The molecule has 0 aliphatic heterocycles. The van der Waals surface area contributed by atoms with Crippen LogP contribution in [0.1, 0.15) is 34.2 Å². The van der Waals surface area contributed by atoms with E-state index < -0.39 is 24.6 Å². The number of hydrogen-bond donors (Lipinski definition) is 1. The second-order valence-electron chi connectivity index (χ2n) is 4.26. The number of primary amides is 1. The van der Waals surface area contributed by atoms with Gasteiger partial charge in [0.2, 0.25) is 0 Å². The van der Waals surface area contributed by atoms with Gasteiger partial charge < -0.3 is 15.2 Å². The molecule has 1 saturated carbocycles. The summed E-state index contributed by atoms with van der Waals surface area (Å²) < 4.78 is 39.1. The van der Waals surface area contributed by atoms with Crippen molar-refractivity contribution in [2.75, 3.05) is 6.56 Å². The fourth-order valence-electron chi connectivity index (χ4n) is 1.44. The minimum atomic E-state index is -1.90. The summed E-state index contributed by atoms with van der Waals surface area (Å²) in [5.41, 5.74) is 5.40. The van der Waals surface area contributed by atoms with Gasteiger partial charge in [-0.2, -0.15) is 0 Å². The zero-order chi connectivity index (χ0) is 14.9. The fraction of sp³-hybridized carbons (Fsp3) is 0.462. The van der Waals surface area contributed by atoms with Gasteiger partial charge in [-0.3, -0.25) is 0 Å². The van der Waals surface area contributed by atoms with Gasteiger partial charge in [0.05, 0.1) is 9.30 Å². The van der Waals surface area contributed by atoms with Crippen LogP contribution in [0.3, 0.4) is 0 Å². The number of carbonyl (C=O) groups excluding carboxylic acids is 1. The Balaban J connectivity index is 2.18. The van der Waals surface area contributed by atoms with Crippen LogP contribution in [0, 0.1) is 11.7 Å². The third kappa shape index (κ3) is 3.35. The molecule has 1 aromatic carbocycles. The van der Waals surface area contributed by atoms with Crippen LogP contribution < -0.4 is 10.5 Å². The van der Waals surface area contributed by atoms with E-state index in [1.165, 1.54) is 12.1 Å². The van der Waals surface area contributed by atoms with E-state index >= 15 is 0 Å². The van der Waals surface area contributed by atoms with Gasteiger partial charge in [0.25, 0.3) is 0 Å². The highest BCUT2D eigenvalue weighted by atomic mass is 19.1. The summed E-state index contributed by atoms with van der Waals surface area (Å²) >= 11 is 0. The summed E-state index contributed by atoms with van der Waals surface area (Å²) in [6, 6.07) is 3.90. The first-order valence-electron chi connectivity index (χ1n) is 6.74. The Kier molecular flexibility index (Phi) is 2.96. The lowest BCUT2D eigenvalue weighted by Crippen LogP contribution is -2.15. The fourth-order valence-corrected chi connectivity index (χ4v) is 1.44. The molecule has 1 amide bonds. The van der Waals surface area contributed by atoms with Crippen molar-refractivity contribution < 1.29 is 21.4 Å². The van der Waals surface area contributed by atoms with Gasteiger partial charge in [0, 0.05) is 0 Å². The van der Waals surface area contributed by atoms with Gasteiger partial charge in [-0.25, -0.2) is 9.18 Å². The third-order valence-corrected chi connectivity index (χ3v) is 2.63. The van der Waals surface area contributed by atoms with Gasteiger partial charge in [-0.1, -0.05) is 6.07 Å². The third-order valence-electron chi connectivity index (χ3n) is 2.63. The predicted octanol–water partition coefficient (Wildman–Crippen LogP) is 2.77. The van der Waals surface area contributed by atoms with Crippen molar-refractivity contribution in [3.8, 4) is 5.75 Å². The van der Waals surface area contributed by atoms with Crippen LogP contribution in [0.15, 0.2) is 18.2 Å². The molecular weight excluding hydrogens is 237 g/mol. The summed E-state index contributed by atoms with van der Waals surface area (Å²) in [7, 11) is 0. The number of amides is 1. The standard InChI is InChI=1S/C13H16FNO3/c1-8(18-13(15)16)10-4-5-11(14)12(6-10)17-7-9-2-3-9/h4-6,8-9H,2-3,7H2,1H3,(H2,15,16)/i7D2. The molecule has 0 saturated heterocycles. The molecule has 1 unspecified atom stereocenters. The molecule has 1 atom stereocenters. The van der Waals surface area contributed by atoms with E-state index in [0.29, 0.717) is 5.56 Å². The van der Waals surface area contributed by atoms with E-state index in [4.69, 9.17) is 17.9 Å². The van der Waals surface area contributed by atoms with Crippen LogP contribution in [0.2, 0.25) is 0 Å². The molecule has 0 bridgehead atoms. The molecular formula is C13H16FNO3. The van der Waals surface area contributed by atoms with E-state index in [9.17, 15) is 9.18 Å². The van der Waals surface area contributed by atoms with E-state index in [2.05, 4.69) is 0 Å². The maximum atomic E-state index is 13.7. The van der Waals surface area contributed by atoms with E-state index in [1.807, 2.05) is 0 Å². The molecule has 4 nitrogen and oxygen atoms in total. The maximum Gasteiger partial charge on any atom is 0.405 e. The molecule has 1 aliphatic carbocycles. The molecule has 0 radical (unpaired) electrons. The van der Waals surface area contributed by atoms with Crippen molar-refractivity contribution in [1.82, 2.24) is 0 Å². The molecule has 0 aromatic heterocycles. The number of nitrogens with two attached hydrogens (primary N) is 1. The summed E-state index contributed by atoms with van der Waals surface area (Å²) in [6.45, 7) is -0.315. The molecule has 0 spiro atoms. The quantitative estimate of drug-likeness (QED) is 0.880. The van der Waals surface area contributed by atoms with Gasteiger partial charge in [-0.05, 0) is 43.4 Å².